The van der Waals surface area contributed by atoms with Crippen LogP contribution in [0.4, 0.5) is 0 Å². The zero-order chi connectivity index (χ0) is 9.97. The number of nitrogens with zero attached hydrogens (tertiary/aromatic N) is 2. The van der Waals surface area contributed by atoms with Crippen molar-refractivity contribution in [1.82, 2.24) is 15.0 Å². The molecule has 0 radical (unpaired) electrons. The SMILES string of the molecule is Cn1cnc(C(NN)C2=CCCO2)c1. The molecule has 5 heteroatoms. The van der Waals surface area contributed by atoms with Gasteiger partial charge in [0.1, 0.15) is 11.8 Å². The lowest BCUT2D eigenvalue weighted by Crippen LogP contribution is -2.29. The monoisotopic (exact) mass is 194 g/mol. The number of imidazole rings is 1. The molecule has 1 aromatic heterocycles. The number of rotatable bonds is 3. The third-order valence-corrected chi connectivity index (χ3v) is 2.20. The smallest absolute Gasteiger partial charge is 0.122 e. The van der Waals surface area contributed by atoms with Crippen LogP contribution in [-0.2, 0) is 11.8 Å². The summed E-state index contributed by atoms with van der Waals surface area (Å²) in [5.41, 5.74) is 3.58. The molecule has 14 heavy (non-hydrogen) atoms. The molecular weight excluding hydrogens is 180 g/mol. The van der Waals surface area contributed by atoms with E-state index in [-0.39, 0.29) is 6.04 Å². The fourth-order valence-corrected chi connectivity index (χ4v) is 1.53. The zero-order valence-electron chi connectivity index (χ0n) is 8.10. The molecular formula is C9H14N4O. The average molecular weight is 194 g/mol. The van der Waals surface area contributed by atoms with Crippen molar-refractivity contribution in [2.24, 2.45) is 12.9 Å². The van der Waals surface area contributed by atoms with Crippen LogP contribution in [0.1, 0.15) is 18.2 Å². The van der Waals surface area contributed by atoms with Gasteiger partial charge in [-0.25, -0.2) is 10.4 Å². The van der Waals surface area contributed by atoms with Crippen LogP contribution < -0.4 is 11.3 Å². The summed E-state index contributed by atoms with van der Waals surface area (Å²) < 4.78 is 7.32. The van der Waals surface area contributed by atoms with Crippen LogP contribution in [0, 0.1) is 0 Å². The fourth-order valence-electron chi connectivity index (χ4n) is 1.53. The maximum Gasteiger partial charge on any atom is 0.122 e. The number of aryl methyl sites for hydroxylation is 1. The van der Waals surface area contributed by atoms with Crippen molar-refractivity contribution < 1.29 is 4.74 Å². The van der Waals surface area contributed by atoms with E-state index < -0.39 is 0 Å². The fraction of sp³-hybridized carbons (Fsp3) is 0.444. The lowest BCUT2D eigenvalue weighted by Gasteiger charge is -2.14. The molecule has 2 rings (SSSR count). The van der Waals surface area contributed by atoms with Gasteiger partial charge < -0.3 is 9.30 Å². The van der Waals surface area contributed by atoms with Crippen molar-refractivity contribution in [2.45, 2.75) is 12.5 Å². The molecule has 1 aromatic rings. The number of aromatic nitrogens is 2. The second-order valence-corrected chi connectivity index (χ2v) is 3.31. The molecule has 76 valence electrons. The molecule has 2 heterocycles. The number of hydrogen-bond acceptors (Lipinski definition) is 4. The Balaban J connectivity index is 2.20. The maximum absolute atomic E-state index is 5.47. The molecule has 1 unspecified atom stereocenters. The van der Waals surface area contributed by atoms with Crippen LogP contribution in [0.5, 0.6) is 0 Å². The first-order valence-corrected chi connectivity index (χ1v) is 4.58. The van der Waals surface area contributed by atoms with Gasteiger partial charge in [-0.2, -0.15) is 0 Å². The van der Waals surface area contributed by atoms with Gasteiger partial charge in [-0.1, -0.05) is 0 Å². The molecule has 1 aliphatic heterocycles. The molecule has 0 aliphatic carbocycles. The average Bonchev–Trinajstić information content (AvgIpc) is 2.79. The first-order chi connectivity index (χ1) is 6.81. The van der Waals surface area contributed by atoms with Gasteiger partial charge in [-0.3, -0.25) is 5.84 Å². The van der Waals surface area contributed by atoms with Crippen molar-refractivity contribution in [3.63, 3.8) is 0 Å². The molecule has 0 fully saturated rings. The summed E-state index contributed by atoms with van der Waals surface area (Å²) in [5.74, 6) is 6.34. The molecule has 0 aromatic carbocycles. The summed E-state index contributed by atoms with van der Waals surface area (Å²) in [5, 5.41) is 0. The van der Waals surface area contributed by atoms with Crippen molar-refractivity contribution in [3.05, 3.63) is 30.1 Å². The van der Waals surface area contributed by atoms with Crippen LogP contribution in [0.2, 0.25) is 0 Å². The number of hydrogen-bond donors (Lipinski definition) is 2. The van der Waals surface area contributed by atoms with E-state index in [4.69, 9.17) is 10.6 Å². The normalized spacial score (nSPS) is 17.7. The van der Waals surface area contributed by atoms with Gasteiger partial charge in [0, 0.05) is 19.7 Å². The number of hydrazine groups is 1. The van der Waals surface area contributed by atoms with E-state index in [1.807, 2.05) is 23.9 Å². The minimum atomic E-state index is -0.126. The molecule has 0 saturated heterocycles. The first-order valence-electron chi connectivity index (χ1n) is 4.58. The molecule has 0 saturated carbocycles. The van der Waals surface area contributed by atoms with E-state index in [0.29, 0.717) is 0 Å². The van der Waals surface area contributed by atoms with Gasteiger partial charge in [-0.05, 0) is 6.08 Å². The highest BCUT2D eigenvalue weighted by Gasteiger charge is 2.21. The topological polar surface area (TPSA) is 65.1 Å². The first kappa shape index (κ1) is 9.23. The van der Waals surface area contributed by atoms with Crippen molar-refractivity contribution in [1.29, 1.82) is 0 Å². The van der Waals surface area contributed by atoms with Crippen LogP contribution in [-0.4, -0.2) is 16.2 Å². The van der Waals surface area contributed by atoms with Gasteiger partial charge in [0.05, 0.1) is 18.6 Å². The second-order valence-electron chi connectivity index (χ2n) is 3.31. The lowest BCUT2D eigenvalue weighted by molar-refractivity contribution is 0.214. The number of nitrogens with one attached hydrogen (secondary N) is 1. The van der Waals surface area contributed by atoms with Gasteiger partial charge in [-0.15, -0.1) is 0 Å². The number of nitrogens with two attached hydrogens (primary N) is 1. The van der Waals surface area contributed by atoms with Crippen LogP contribution in [0.3, 0.4) is 0 Å². The second kappa shape index (κ2) is 3.81. The highest BCUT2D eigenvalue weighted by atomic mass is 16.5. The summed E-state index contributed by atoms with van der Waals surface area (Å²) >= 11 is 0. The molecule has 0 bridgehead atoms. The molecule has 3 N–H and O–H groups in total. The minimum Gasteiger partial charge on any atom is -0.496 e. The minimum absolute atomic E-state index is 0.126. The lowest BCUT2D eigenvalue weighted by atomic mass is 10.2. The quantitative estimate of drug-likeness (QED) is 0.534. The Morgan fingerprint density at radius 2 is 2.57 bits per heavy atom. The van der Waals surface area contributed by atoms with Gasteiger partial charge in [0.15, 0.2) is 0 Å². The van der Waals surface area contributed by atoms with Crippen molar-refractivity contribution in [2.75, 3.05) is 6.61 Å². The van der Waals surface area contributed by atoms with Gasteiger partial charge in [0.25, 0.3) is 0 Å². The summed E-state index contributed by atoms with van der Waals surface area (Å²) in [4.78, 5) is 4.23. The van der Waals surface area contributed by atoms with Gasteiger partial charge in [0.2, 0.25) is 0 Å². The highest BCUT2D eigenvalue weighted by molar-refractivity contribution is 5.18. The summed E-state index contributed by atoms with van der Waals surface area (Å²) in [7, 11) is 1.92. The Morgan fingerprint density at radius 3 is 3.07 bits per heavy atom. The Bertz CT molecular complexity index is 344. The van der Waals surface area contributed by atoms with E-state index >= 15 is 0 Å². The largest absolute Gasteiger partial charge is 0.496 e. The molecule has 0 amide bonds. The van der Waals surface area contributed by atoms with E-state index in [1.165, 1.54) is 0 Å². The Morgan fingerprint density at radius 1 is 1.71 bits per heavy atom. The van der Waals surface area contributed by atoms with Crippen molar-refractivity contribution in [3.8, 4) is 0 Å². The molecule has 0 spiro atoms. The Hall–Kier alpha value is -1.33. The highest BCUT2D eigenvalue weighted by Crippen LogP contribution is 2.24. The summed E-state index contributed by atoms with van der Waals surface area (Å²) in [6.45, 7) is 0.736. The molecule has 1 aliphatic rings. The Labute approximate surface area is 82.5 Å². The maximum atomic E-state index is 5.47. The third-order valence-electron chi connectivity index (χ3n) is 2.20. The van der Waals surface area contributed by atoms with Crippen molar-refractivity contribution >= 4 is 0 Å². The Kier molecular flexibility index (Phi) is 2.51. The van der Waals surface area contributed by atoms with Crippen LogP contribution in [0.15, 0.2) is 24.4 Å². The standard InChI is InChI=1S/C9H14N4O/c1-13-5-7(11-6-13)9(12-10)8-3-2-4-14-8/h3,5-6,9,12H,2,4,10H2,1H3. The van der Waals surface area contributed by atoms with Crippen LogP contribution >= 0.6 is 0 Å². The van der Waals surface area contributed by atoms with E-state index in [2.05, 4.69) is 10.4 Å². The van der Waals surface area contributed by atoms with Crippen LogP contribution in [0.25, 0.3) is 0 Å². The number of ether oxygens (including phenoxy) is 1. The van der Waals surface area contributed by atoms with E-state index in [0.717, 1.165) is 24.5 Å². The van der Waals surface area contributed by atoms with E-state index in [9.17, 15) is 0 Å². The van der Waals surface area contributed by atoms with E-state index in [1.54, 1.807) is 6.33 Å². The molecule has 5 nitrogen and oxygen atoms in total. The predicted molar refractivity (Wildman–Crippen MR) is 51.9 cm³/mol. The third kappa shape index (κ3) is 1.64. The summed E-state index contributed by atoms with van der Waals surface area (Å²) in [6.07, 6.45) is 6.65. The zero-order valence-corrected chi connectivity index (χ0v) is 8.10. The van der Waals surface area contributed by atoms with Gasteiger partial charge >= 0.3 is 0 Å². The summed E-state index contributed by atoms with van der Waals surface area (Å²) in [6, 6.07) is -0.126. The predicted octanol–water partition coefficient (Wildman–Crippen LogP) is 0.229. The molecule has 1 atom stereocenters.